The Hall–Kier alpha value is -1.27. The summed E-state index contributed by atoms with van der Waals surface area (Å²) in [5.41, 5.74) is 6.27. The van der Waals surface area contributed by atoms with Crippen molar-refractivity contribution in [1.82, 2.24) is 4.90 Å². The number of nitrogen functional groups attached to an aromatic ring is 1. The Kier molecular flexibility index (Phi) is 4.08. The van der Waals surface area contributed by atoms with Crippen LogP contribution in [0.5, 0.6) is 0 Å². The molecule has 1 aromatic heterocycles. The van der Waals surface area contributed by atoms with E-state index in [0.717, 1.165) is 24.6 Å². The molecular formula is C12H19N3O2S. The summed E-state index contributed by atoms with van der Waals surface area (Å²) in [5, 5.41) is 4.28. The molecule has 1 saturated heterocycles. The molecule has 3 N–H and O–H groups in total. The zero-order valence-corrected chi connectivity index (χ0v) is 11.5. The van der Waals surface area contributed by atoms with Gasteiger partial charge in [-0.3, -0.25) is 0 Å². The first kappa shape index (κ1) is 13.2. The number of hydrogen-bond donors (Lipinski definition) is 2. The van der Waals surface area contributed by atoms with Crippen molar-refractivity contribution in [2.45, 2.75) is 6.42 Å². The number of carbonyl (C=O) groups is 1. The number of nitrogens with zero attached hydrogens (tertiary/aromatic N) is 1. The molecular weight excluding hydrogens is 250 g/mol. The minimum absolute atomic E-state index is 0.369. The van der Waals surface area contributed by atoms with E-state index in [1.807, 2.05) is 0 Å². The summed E-state index contributed by atoms with van der Waals surface area (Å²) in [6.45, 7) is 3.20. The molecule has 2 heterocycles. The van der Waals surface area contributed by atoms with Crippen LogP contribution >= 0.6 is 11.3 Å². The highest BCUT2D eigenvalue weighted by atomic mass is 32.1. The Morgan fingerprint density at radius 2 is 2.50 bits per heavy atom. The maximum Gasteiger partial charge on any atom is 0.350 e. The topological polar surface area (TPSA) is 67.6 Å². The average Bonchev–Trinajstić information content (AvgIpc) is 2.92. The third-order valence-corrected chi connectivity index (χ3v) is 4.27. The molecule has 1 aromatic rings. The Morgan fingerprint density at radius 1 is 1.72 bits per heavy atom. The zero-order chi connectivity index (χ0) is 13.1. The van der Waals surface area contributed by atoms with E-state index in [-0.39, 0.29) is 5.97 Å². The number of thiophene rings is 1. The minimum Gasteiger partial charge on any atom is -0.465 e. The molecule has 18 heavy (non-hydrogen) atoms. The van der Waals surface area contributed by atoms with E-state index in [9.17, 15) is 4.79 Å². The number of rotatable bonds is 4. The van der Waals surface area contributed by atoms with Crippen molar-refractivity contribution in [3.63, 3.8) is 0 Å². The van der Waals surface area contributed by atoms with Gasteiger partial charge in [0.2, 0.25) is 0 Å². The van der Waals surface area contributed by atoms with Crippen LogP contribution in [0.25, 0.3) is 0 Å². The number of anilines is 2. The Balaban J connectivity index is 1.92. The lowest BCUT2D eigenvalue weighted by atomic mass is 10.1. The van der Waals surface area contributed by atoms with Gasteiger partial charge in [-0.25, -0.2) is 4.79 Å². The van der Waals surface area contributed by atoms with Crippen LogP contribution in [0.3, 0.4) is 0 Å². The lowest BCUT2D eigenvalue weighted by molar-refractivity contribution is 0.0607. The molecule has 0 aromatic carbocycles. The standard InChI is InChI=1S/C12H19N3O2S/c1-15-4-3-8(7-15)6-14-10-5-9(13)11(18-10)12(16)17-2/h5,8,14H,3-4,6-7,13H2,1-2H3. The second-order valence-corrected chi connectivity index (χ2v) is 5.74. The van der Waals surface area contributed by atoms with Crippen LogP contribution in [-0.4, -0.2) is 44.7 Å². The number of hydrogen-bond acceptors (Lipinski definition) is 6. The summed E-state index contributed by atoms with van der Waals surface area (Å²) >= 11 is 1.35. The summed E-state index contributed by atoms with van der Waals surface area (Å²) in [5.74, 6) is 0.297. The highest BCUT2D eigenvalue weighted by Gasteiger charge is 2.20. The van der Waals surface area contributed by atoms with Crippen molar-refractivity contribution in [2.24, 2.45) is 5.92 Å². The number of nitrogens with two attached hydrogens (primary N) is 1. The van der Waals surface area contributed by atoms with Gasteiger partial charge < -0.3 is 20.7 Å². The summed E-state index contributed by atoms with van der Waals surface area (Å²) < 4.78 is 4.68. The van der Waals surface area contributed by atoms with Crippen molar-refractivity contribution >= 4 is 28.0 Å². The summed E-state index contributed by atoms with van der Waals surface area (Å²) in [4.78, 5) is 14.2. The number of carbonyl (C=O) groups excluding carboxylic acids is 1. The van der Waals surface area contributed by atoms with Crippen LogP contribution in [0.2, 0.25) is 0 Å². The third-order valence-electron chi connectivity index (χ3n) is 3.19. The van der Waals surface area contributed by atoms with Gasteiger partial charge >= 0.3 is 5.97 Å². The quantitative estimate of drug-likeness (QED) is 0.810. The zero-order valence-electron chi connectivity index (χ0n) is 10.7. The van der Waals surface area contributed by atoms with Crippen molar-refractivity contribution in [2.75, 3.05) is 44.8 Å². The highest BCUT2D eigenvalue weighted by Crippen LogP contribution is 2.30. The predicted octanol–water partition coefficient (Wildman–Crippen LogP) is 1.48. The number of methoxy groups -OCH3 is 1. The molecule has 0 saturated carbocycles. The SMILES string of the molecule is COC(=O)c1sc(NCC2CCN(C)C2)cc1N. The lowest BCUT2D eigenvalue weighted by Crippen LogP contribution is -2.18. The van der Waals surface area contributed by atoms with Crippen molar-refractivity contribution < 1.29 is 9.53 Å². The number of likely N-dealkylation sites (tertiary alicyclic amines) is 1. The first-order chi connectivity index (χ1) is 8.60. The van der Waals surface area contributed by atoms with E-state index < -0.39 is 0 Å². The second kappa shape index (κ2) is 5.58. The van der Waals surface area contributed by atoms with Gasteiger partial charge in [0.25, 0.3) is 0 Å². The highest BCUT2D eigenvalue weighted by molar-refractivity contribution is 7.18. The summed E-state index contributed by atoms with van der Waals surface area (Å²) in [6, 6.07) is 1.80. The van der Waals surface area contributed by atoms with Crippen molar-refractivity contribution in [3.8, 4) is 0 Å². The number of esters is 1. The molecule has 1 atom stereocenters. The number of ether oxygens (including phenoxy) is 1. The molecule has 1 unspecified atom stereocenters. The van der Waals surface area contributed by atoms with Crippen LogP contribution in [0, 0.1) is 5.92 Å². The minimum atomic E-state index is -0.369. The molecule has 1 fully saturated rings. The molecule has 2 rings (SSSR count). The fourth-order valence-corrected chi connectivity index (χ4v) is 3.09. The van der Waals surface area contributed by atoms with Crippen molar-refractivity contribution in [1.29, 1.82) is 0 Å². The molecule has 0 radical (unpaired) electrons. The maximum absolute atomic E-state index is 11.4. The van der Waals surface area contributed by atoms with Crippen LogP contribution in [-0.2, 0) is 4.74 Å². The molecule has 1 aliphatic heterocycles. The molecule has 100 valence electrons. The predicted molar refractivity (Wildman–Crippen MR) is 74.2 cm³/mol. The van der Waals surface area contributed by atoms with E-state index in [1.165, 1.54) is 24.9 Å². The van der Waals surface area contributed by atoms with Gasteiger partial charge in [-0.05, 0) is 32.0 Å². The van der Waals surface area contributed by atoms with Gasteiger partial charge in [0.05, 0.1) is 17.8 Å². The number of nitrogens with one attached hydrogen (secondary N) is 1. The molecule has 0 bridgehead atoms. The first-order valence-corrected chi connectivity index (χ1v) is 6.82. The van der Waals surface area contributed by atoms with Gasteiger partial charge in [0.1, 0.15) is 4.88 Å². The van der Waals surface area contributed by atoms with Gasteiger partial charge in [0.15, 0.2) is 0 Å². The van der Waals surface area contributed by atoms with Gasteiger partial charge in [-0.15, -0.1) is 11.3 Å². The van der Waals surface area contributed by atoms with E-state index >= 15 is 0 Å². The fraction of sp³-hybridized carbons (Fsp3) is 0.583. The van der Waals surface area contributed by atoms with E-state index in [0.29, 0.717) is 16.5 Å². The van der Waals surface area contributed by atoms with E-state index in [1.54, 1.807) is 6.07 Å². The summed E-state index contributed by atoms with van der Waals surface area (Å²) in [6.07, 6.45) is 1.22. The third kappa shape index (κ3) is 2.94. The van der Waals surface area contributed by atoms with Gasteiger partial charge in [-0.1, -0.05) is 0 Å². The van der Waals surface area contributed by atoms with Gasteiger partial charge in [0, 0.05) is 13.1 Å². The van der Waals surface area contributed by atoms with E-state index in [4.69, 9.17) is 5.73 Å². The van der Waals surface area contributed by atoms with Crippen molar-refractivity contribution in [3.05, 3.63) is 10.9 Å². The second-order valence-electron chi connectivity index (χ2n) is 4.68. The maximum atomic E-state index is 11.4. The fourth-order valence-electron chi connectivity index (χ4n) is 2.18. The largest absolute Gasteiger partial charge is 0.465 e. The molecule has 0 amide bonds. The Morgan fingerprint density at radius 3 is 3.11 bits per heavy atom. The normalized spacial score (nSPS) is 20.0. The van der Waals surface area contributed by atoms with E-state index in [2.05, 4.69) is 22.0 Å². The molecule has 0 spiro atoms. The monoisotopic (exact) mass is 269 g/mol. The smallest absolute Gasteiger partial charge is 0.350 e. The lowest BCUT2D eigenvalue weighted by Gasteiger charge is -2.11. The Bertz CT molecular complexity index is 433. The van der Waals surface area contributed by atoms with Crippen LogP contribution in [0.1, 0.15) is 16.1 Å². The summed E-state index contributed by atoms with van der Waals surface area (Å²) in [7, 11) is 3.50. The Labute approximate surface area is 111 Å². The van der Waals surface area contributed by atoms with Crippen LogP contribution in [0.15, 0.2) is 6.07 Å². The van der Waals surface area contributed by atoms with Crippen LogP contribution in [0.4, 0.5) is 10.7 Å². The first-order valence-electron chi connectivity index (χ1n) is 6.00. The molecule has 6 heteroatoms. The van der Waals surface area contributed by atoms with Crippen LogP contribution < -0.4 is 11.1 Å². The molecule has 5 nitrogen and oxygen atoms in total. The average molecular weight is 269 g/mol. The molecule has 1 aliphatic rings. The van der Waals surface area contributed by atoms with Gasteiger partial charge in [-0.2, -0.15) is 0 Å². The molecule has 0 aliphatic carbocycles.